The van der Waals surface area contributed by atoms with E-state index in [1.54, 1.807) is 6.20 Å². The van der Waals surface area contributed by atoms with Crippen LogP contribution in [0.15, 0.2) is 36.7 Å². The third-order valence-corrected chi connectivity index (χ3v) is 2.97. The van der Waals surface area contributed by atoms with Gasteiger partial charge in [0.05, 0.1) is 18.1 Å². The van der Waals surface area contributed by atoms with E-state index in [2.05, 4.69) is 58.4 Å². The first kappa shape index (κ1) is 13.5. The van der Waals surface area contributed by atoms with Gasteiger partial charge in [0.1, 0.15) is 5.82 Å². The van der Waals surface area contributed by atoms with E-state index in [9.17, 15) is 0 Å². The summed E-state index contributed by atoms with van der Waals surface area (Å²) in [7, 11) is 3.93. The van der Waals surface area contributed by atoms with Crippen molar-refractivity contribution in [1.82, 2.24) is 14.9 Å². The standard InChI is InChI=1S/C15H20N4/c1-12-4-6-13(7-5-12)10-19(3)11-14-8-18-15(16-2)9-17-14/h4-9H,10-11H2,1-3H3,(H,16,18). The number of anilines is 1. The highest BCUT2D eigenvalue weighted by Crippen LogP contribution is 2.08. The van der Waals surface area contributed by atoms with Crippen LogP contribution in [0, 0.1) is 6.92 Å². The monoisotopic (exact) mass is 256 g/mol. The number of aromatic nitrogens is 2. The number of hydrogen-bond donors (Lipinski definition) is 1. The van der Waals surface area contributed by atoms with Crippen LogP contribution in [0.5, 0.6) is 0 Å². The lowest BCUT2D eigenvalue weighted by Gasteiger charge is -2.16. The van der Waals surface area contributed by atoms with Crippen molar-refractivity contribution in [1.29, 1.82) is 0 Å². The molecule has 0 amide bonds. The fourth-order valence-corrected chi connectivity index (χ4v) is 1.90. The van der Waals surface area contributed by atoms with Gasteiger partial charge in [0.2, 0.25) is 0 Å². The number of nitrogens with zero attached hydrogens (tertiary/aromatic N) is 3. The summed E-state index contributed by atoms with van der Waals surface area (Å²) in [6.45, 7) is 3.81. The first-order valence-corrected chi connectivity index (χ1v) is 6.40. The molecule has 0 aliphatic heterocycles. The summed E-state index contributed by atoms with van der Waals surface area (Å²) in [5.74, 6) is 0.796. The van der Waals surface area contributed by atoms with Crippen molar-refractivity contribution in [3.05, 3.63) is 53.5 Å². The lowest BCUT2D eigenvalue weighted by Crippen LogP contribution is -2.18. The molecule has 0 fully saturated rings. The molecule has 1 N–H and O–H groups in total. The molecule has 0 radical (unpaired) electrons. The summed E-state index contributed by atoms with van der Waals surface area (Å²) >= 11 is 0. The fourth-order valence-electron chi connectivity index (χ4n) is 1.90. The Morgan fingerprint density at radius 1 is 1.05 bits per heavy atom. The Hall–Kier alpha value is -1.94. The molecule has 1 aromatic heterocycles. The second-order valence-electron chi connectivity index (χ2n) is 4.80. The van der Waals surface area contributed by atoms with E-state index in [1.165, 1.54) is 11.1 Å². The van der Waals surface area contributed by atoms with E-state index >= 15 is 0 Å². The average Bonchev–Trinajstić information content (AvgIpc) is 2.42. The number of benzene rings is 1. The minimum Gasteiger partial charge on any atom is -0.372 e. The largest absolute Gasteiger partial charge is 0.372 e. The van der Waals surface area contributed by atoms with Gasteiger partial charge in [-0.2, -0.15) is 0 Å². The van der Waals surface area contributed by atoms with Gasteiger partial charge in [0, 0.05) is 20.1 Å². The fraction of sp³-hybridized carbons (Fsp3) is 0.333. The maximum Gasteiger partial charge on any atom is 0.144 e. The van der Waals surface area contributed by atoms with Crippen molar-refractivity contribution in [3.8, 4) is 0 Å². The normalized spacial score (nSPS) is 10.7. The second kappa shape index (κ2) is 6.29. The van der Waals surface area contributed by atoms with Crippen molar-refractivity contribution in [2.75, 3.05) is 19.4 Å². The maximum atomic E-state index is 4.38. The first-order valence-electron chi connectivity index (χ1n) is 6.40. The summed E-state index contributed by atoms with van der Waals surface area (Å²) in [6.07, 6.45) is 3.58. The molecule has 0 spiro atoms. The van der Waals surface area contributed by atoms with Gasteiger partial charge in [-0.15, -0.1) is 0 Å². The Morgan fingerprint density at radius 3 is 2.37 bits per heavy atom. The number of rotatable bonds is 5. The zero-order valence-corrected chi connectivity index (χ0v) is 11.7. The SMILES string of the molecule is CNc1cnc(CN(C)Cc2ccc(C)cc2)cn1. The number of aryl methyl sites for hydroxylation is 1. The van der Waals surface area contributed by atoms with Gasteiger partial charge in [0.15, 0.2) is 0 Å². The van der Waals surface area contributed by atoms with Gasteiger partial charge in [-0.3, -0.25) is 9.88 Å². The molecule has 1 heterocycles. The first-order chi connectivity index (χ1) is 9.17. The molecule has 0 unspecified atom stereocenters. The summed E-state index contributed by atoms with van der Waals surface area (Å²) < 4.78 is 0. The molecule has 0 bridgehead atoms. The summed E-state index contributed by atoms with van der Waals surface area (Å²) in [4.78, 5) is 10.9. The van der Waals surface area contributed by atoms with Crippen molar-refractivity contribution >= 4 is 5.82 Å². The molecule has 19 heavy (non-hydrogen) atoms. The Morgan fingerprint density at radius 2 is 1.79 bits per heavy atom. The molecule has 1 aromatic carbocycles. The Bertz CT molecular complexity index is 505. The van der Waals surface area contributed by atoms with Gasteiger partial charge >= 0.3 is 0 Å². The van der Waals surface area contributed by atoms with Crippen LogP contribution in [0.4, 0.5) is 5.82 Å². The molecule has 0 saturated carbocycles. The molecular formula is C15H20N4. The van der Waals surface area contributed by atoms with E-state index in [4.69, 9.17) is 0 Å². The zero-order chi connectivity index (χ0) is 13.7. The van der Waals surface area contributed by atoms with E-state index in [0.717, 1.165) is 24.6 Å². The molecule has 100 valence electrons. The number of hydrogen-bond acceptors (Lipinski definition) is 4. The Labute approximate surface area is 114 Å². The number of nitrogens with one attached hydrogen (secondary N) is 1. The molecule has 0 aliphatic rings. The highest BCUT2D eigenvalue weighted by atomic mass is 15.1. The molecule has 0 saturated heterocycles. The minimum atomic E-state index is 0.796. The third kappa shape index (κ3) is 4.03. The zero-order valence-electron chi connectivity index (χ0n) is 11.7. The van der Waals surface area contributed by atoms with Crippen LogP contribution in [0.1, 0.15) is 16.8 Å². The molecule has 2 aromatic rings. The lowest BCUT2D eigenvalue weighted by atomic mass is 10.1. The van der Waals surface area contributed by atoms with Crippen LogP contribution in [0.2, 0.25) is 0 Å². The van der Waals surface area contributed by atoms with Gasteiger partial charge in [-0.05, 0) is 19.5 Å². The summed E-state index contributed by atoms with van der Waals surface area (Å²) in [6, 6.07) is 8.62. The molecular weight excluding hydrogens is 236 g/mol. The van der Waals surface area contributed by atoms with Gasteiger partial charge in [-0.1, -0.05) is 29.8 Å². The van der Waals surface area contributed by atoms with E-state index in [0.29, 0.717) is 0 Å². The Balaban J connectivity index is 1.92. The molecule has 4 heteroatoms. The van der Waals surface area contributed by atoms with Crippen molar-refractivity contribution in [2.45, 2.75) is 20.0 Å². The second-order valence-corrected chi connectivity index (χ2v) is 4.80. The Kier molecular flexibility index (Phi) is 4.47. The topological polar surface area (TPSA) is 41.1 Å². The van der Waals surface area contributed by atoms with Crippen LogP contribution in [0.3, 0.4) is 0 Å². The quantitative estimate of drug-likeness (QED) is 0.892. The third-order valence-electron chi connectivity index (χ3n) is 2.97. The molecule has 0 aliphatic carbocycles. The van der Waals surface area contributed by atoms with Crippen LogP contribution in [-0.2, 0) is 13.1 Å². The average molecular weight is 256 g/mol. The lowest BCUT2D eigenvalue weighted by molar-refractivity contribution is 0.314. The van der Waals surface area contributed by atoms with Crippen LogP contribution in [-0.4, -0.2) is 29.0 Å². The van der Waals surface area contributed by atoms with E-state index < -0.39 is 0 Å². The van der Waals surface area contributed by atoms with Gasteiger partial charge < -0.3 is 5.32 Å². The molecule has 0 atom stereocenters. The predicted octanol–water partition coefficient (Wildman–Crippen LogP) is 2.46. The minimum absolute atomic E-state index is 0.796. The van der Waals surface area contributed by atoms with Crippen molar-refractivity contribution < 1.29 is 0 Å². The van der Waals surface area contributed by atoms with Crippen LogP contribution < -0.4 is 5.32 Å². The van der Waals surface area contributed by atoms with Crippen molar-refractivity contribution in [2.24, 2.45) is 0 Å². The van der Waals surface area contributed by atoms with Crippen LogP contribution >= 0.6 is 0 Å². The maximum absolute atomic E-state index is 4.38. The van der Waals surface area contributed by atoms with Gasteiger partial charge in [-0.25, -0.2) is 4.98 Å². The van der Waals surface area contributed by atoms with Crippen LogP contribution in [0.25, 0.3) is 0 Å². The predicted molar refractivity (Wildman–Crippen MR) is 77.9 cm³/mol. The summed E-state index contributed by atoms with van der Waals surface area (Å²) in [5.41, 5.74) is 3.58. The van der Waals surface area contributed by atoms with Crippen molar-refractivity contribution in [3.63, 3.8) is 0 Å². The highest BCUT2D eigenvalue weighted by molar-refractivity contribution is 5.29. The molecule has 2 rings (SSSR count). The summed E-state index contributed by atoms with van der Waals surface area (Å²) in [5, 5.41) is 2.97. The molecule has 4 nitrogen and oxygen atoms in total. The smallest absolute Gasteiger partial charge is 0.144 e. The van der Waals surface area contributed by atoms with E-state index in [-0.39, 0.29) is 0 Å². The van der Waals surface area contributed by atoms with E-state index in [1.807, 2.05) is 13.2 Å². The highest BCUT2D eigenvalue weighted by Gasteiger charge is 2.03. The van der Waals surface area contributed by atoms with Gasteiger partial charge in [0.25, 0.3) is 0 Å².